The molecule has 0 aliphatic carbocycles. The van der Waals surface area contributed by atoms with Gasteiger partial charge in [-0.05, 0) is 42.9 Å². The van der Waals surface area contributed by atoms with Crippen molar-refractivity contribution in [1.29, 1.82) is 0 Å². The number of anilines is 2. The lowest BCUT2D eigenvalue weighted by atomic mass is 10.2. The Balaban J connectivity index is 0.000000658. The van der Waals surface area contributed by atoms with Crippen LogP contribution in [0.5, 0.6) is 0 Å². The first-order chi connectivity index (χ1) is 16.4. The van der Waals surface area contributed by atoms with Crippen molar-refractivity contribution in [2.45, 2.75) is 20.4 Å². The summed E-state index contributed by atoms with van der Waals surface area (Å²) in [5.74, 6) is -2.51. The molecule has 2 aromatic rings. The molecule has 0 atom stereocenters. The SMILES string of the molecule is CCN(CC)CC(=O)N(Cc1ccccc1)c1ccc(NS(C)(=O)=O)cc1.O=C(O)C=CC(=O)O. The molecule has 3 N–H and O–H groups in total. The number of carbonyl (C=O) groups is 3. The second kappa shape index (κ2) is 14.5. The monoisotopic (exact) mass is 505 g/mol. The maximum absolute atomic E-state index is 13.0. The minimum atomic E-state index is -3.34. The van der Waals surface area contributed by atoms with Gasteiger partial charge in [0.25, 0.3) is 0 Å². The number of carboxylic acid groups (broad SMARTS) is 2. The van der Waals surface area contributed by atoms with Crippen LogP contribution in [0.15, 0.2) is 66.7 Å². The van der Waals surface area contributed by atoms with Crippen molar-refractivity contribution < 1.29 is 33.0 Å². The summed E-state index contributed by atoms with van der Waals surface area (Å²) in [5.41, 5.74) is 2.23. The van der Waals surface area contributed by atoms with E-state index in [4.69, 9.17) is 10.2 Å². The van der Waals surface area contributed by atoms with Crippen LogP contribution in [0.3, 0.4) is 0 Å². The fraction of sp³-hybridized carbons (Fsp3) is 0.292. The predicted octanol–water partition coefficient (Wildman–Crippen LogP) is 2.64. The number of nitrogens with one attached hydrogen (secondary N) is 1. The Labute approximate surface area is 205 Å². The van der Waals surface area contributed by atoms with Crippen LogP contribution in [0, 0.1) is 0 Å². The minimum absolute atomic E-state index is 0.00590. The van der Waals surface area contributed by atoms with Crippen LogP contribution in [0.25, 0.3) is 0 Å². The van der Waals surface area contributed by atoms with Gasteiger partial charge in [0.1, 0.15) is 0 Å². The van der Waals surface area contributed by atoms with Gasteiger partial charge in [-0.2, -0.15) is 0 Å². The molecule has 190 valence electrons. The highest BCUT2D eigenvalue weighted by molar-refractivity contribution is 7.92. The third-order valence-electron chi connectivity index (χ3n) is 4.59. The fourth-order valence-corrected chi connectivity index (χ4v) is 3.44. The molecule has 0 heterocycles. The summed E-state index contributed by atoms with van der Waals surface area (Å²) in [6.45, 7) is 6.47. The van der Waals surface area contributed by atoms with Crippen molar-refractivity contribution in [3.05, 3.63) is 72.3 Å². The average molecular weight is 506 g/mol. The zero-order valence-corrected chi connectivity index (χ0v) is 20.7. The van der Waals surface area contributed by atoms with Gasteiger partial charge < -0.3 is 15.1 Å². The molecule has 0 unspecified atom stereocenters. The zero-order valence-electron chi connectivity index (χ0n) is 19.9. The maximum Gasteiger partial charge on any atom is 0.328 e. The Hall–Kier alpha value is -3.70. The molecule has 11 heteroatoms. The van der Waals surface area contributed by atoms with E-state index >= 15 is 0 Å². The van der Waals surface area contributed by atoms with E-state index in [1.165, 1.54) is 0 Å². The Morgan fingerprint density at radius 1 is 0.886 bits per heavy atom. The number of nitrogens with zero attached hydrogens (tertiary/aromatic N) is 2. The summed E-state index contributed by atoms with van der Waals surface area (Å²) < 4.78 is 25.2. The van der Waals surface area contributed by atoms with Crippen molar-refractivity contribution in [2.75, 3.05) is 35.5 Å². The van der Waals surface area contributed by atoms with Gasteiger partial charge in [-0.3, -0.25) is 14.4 Å². The summed E-state index contributed by atoms with van der Waals surface area (Å²) in [6, 6.07) is 16.7. The van der Waals surface area contributed by atoms with Crippen LogP contribution in [0.4, 0.5) is 11.4 Å². The maximum atomic E-state index is 13.0. The van der Waals surface area contributed by atoms with Gasteiger partial charge in [-0.25, -0.2) is 18.0 Å². The van der Waals surface area contributed by atoms with Crippen LogP contribution in [0.1, 0.15) is 19.4 Å². The molecule has 0 fully saturated rings. The third kappa shape index (κ3) is 12.4. The number of hydrogen-bond acceptors (Lipinski definition) is 6. The highest BCUT2D eigenvalue weighted by Crippen LogP contribution is 2.21. The Bertz CT molecular complexity index is 1080. The topological polar surface area (TPSA) is 144 Å². The van der Waals surface area contributed by atoms with Crippen molar-refractivity contribution in [2.24, 2.45) is 0 Å². The summed E-state index contributed by atoms with van der Waals surface area (Å²) in [5, 5.41) is 15.6. The van der Waals surface area contributed by atoms with Crippen molar-refractivity contribution in [3.63, 3.8) is 0 Å². The van der Waals surface area contributed by atoms with Crippen LogP contribution in [0.2, 0.25) is 0 Å². The van der Waals surface area contributed by atoms with Crippen LogP contribution < -0.4 is 9.62 Å². The second-order valence-corrected chi connectivity index (χ2v) is 9.11. The molecule has 10 nitrogen and oxygen atoms in total. The van der Waals surface area contributed by atoms with Gasteiger partial charge in [-0.1, -0.05) is 44.2 Å². The van der Waals surface area contributed by atoms with E-state index in [0.717, 1.165) is 30.6 Å². The summed E-state index contributed by atoms with van der Waals surface area (Å²) >= 11 is 0. The van der Waals surface area contributed by atoms with Gasteiger partial charge in [0, 0.05) is 23.5 Å². The molecule has 2 rings (SSSR count). The lowest BCUT2D eigenvalue weighted by Crippen LogP contribution is -2.40. The highest BCUT2D eigenvalue weighted by atomic mass is 32.2. The number of amides is 1. The van der Waals surface area contributed by atoms with Gasteiger partial charge >= 0.3 is 11.9 Å². The second-order valence-electron chi connectivity index (χ2n) is 7.36. The number of rotatable bonds is 11. The molecule has 35 heavy (non-hydrogen) atoms. The number of hydrogen-bond donors (Lipinski definition) is 3. The van der Waals surface area contributed by atoms with Gasteiger partial charge in [0.15, 0.2) is 0 Å². The predicted molar refractivity (Wildman–Crippen MR) is 135 cm³/mol. The van der Waals surface area contributed by atoms with E-state index in [-0.39, 0.29) is 5.91 Å². The number of carbonyl (C=O) groups excluding carboxylic acids is 1. The van der Waals surface area contributed by atoms with E-state index in [0.29, 0.717) is 30.9 Å². The fourth-order valence-electron chi connectivity index (χ4n) is 2.88. The summed E-state index contributed by atoms with van der Waals surface area (Å²) in [4.78, 5) is 35.9. The first-order valence-electron chi connectivity index (χ1n) is 10.7. The number of aliphatic carboxylic acids is 2. The molecule has 0 aromatic heterocycles. The van der Waals surface area contributed by atoms with Crippen molar-refractivity contribution in [3.8, 4) is 0 Å². The normalized spacial score (nSPS) is 11.0. The van der Waals surface area contributed by atoms with Gasteiger partial charge in [0.05, 0.1) is 19.3 Å². The summed E-state index contributed by atoms with van der Waals surface area (Å²) in [6.07, 6.45) is 2.22. The minimum Gasteiger partial charge on any atom is -0.478 e. The first-order valence-corrected chi connectivity index (χ1v) is 12.6. The Morgan fingerprint density at radius 2 is 1.40 bits per heavy atom. The third-order valence-corrected chi connectivity index (χ3v) is 5.20. The largest absolute Gasteiger partial charge is 0.478 e. The smallest absolute Gasteiger partial charge is 0.328 e. The van der Waals surface area contributed by atoms with Crippen LogP contribution >= 0.6 is 0 Å². The standard InChI is InChI=1S/C20H27N3O3S.C4H4O4/c1-4-22(5-2)16-20(24)23(15-17-9-7-6-8-10-17)19-13-11-18(12-14-19)21-27(3,25)26;5-3(6)1-2-4(7)8/h6-14,21H,4-5,15-16H2,1-3H3;1-2H,(H,5,6)(H,7,8). The van der Waals surface area contributed by atoms with E-state index in [1.807, 2.05) is 44.2 Å². The zero-order chi connectivity index (χ0) is 26.4. The molecule has 0 aliphatic rings. The molecule has 0 saturated heterocycles. The molecular weight excluding hydrogens is 474 g/mol. The number of benzene rings is 2. The average Bonchev–Trinajstić information content (AvgIpc) is 2.80. The van der Waals surface area contributed by atoms with E-state index < -0.39 is 22.0 Å². The lowest BCUT2D eigenvalue weighted by Gasteiger charge is -2.26. The van der Waals surface area contributed by atoms with Crippen molar-refractivity contribution >= 4 is 39.2 Å². The van der Waals surface area contributed by atoms with Crippen LogP contribution in [-0.4, -0.2) is 67.3 Å². The molecular formula is C24H31N3O7S. The van der Waals surface area contributed by atoms with Gasteiger partial charge in [-0.15, -0.1) is 0 Å². The molecule has 2 aromatic carbocycles. The van der Waals surface area contributed by atoms with E-state index in [9.17, 15) is 22.8 Å². The molecule has 0 saturated carbocycles. The molecule has 0 bridgehead atoms. The quantitative estimate of drug-likeness (QED) is 0.395. The molecule has 0 aliphatic heterocycles. The molecule has 1 amide bonds. The Morgan fingerprint density at radius 3 is 1.83 bits per heavy atom. The van der Waals surface area contributed by atoms with Crippen LogP contribution in [-0.2, 0) is 31.0 Å². The van der Waals surface area contributed by atoms with E-state index in [2.05, 4.69) is 9.62 Å². The first kappa shape index (κ1) is 29.3. The number of sulfonamides is 1. The lowest BCUT2D eigenvalue weighted by molar-refractivity contribution is -0.134. The van der Waals surface area contributed by atoms with Crippen molar-refractivity contribution in [1.82, 2.24) is 4.90 Å². The molecule has 0 spiro atoms. The number of likely N-dealkylation sites (N-methyl/N-ethyl adjacent to an activating group) is 1. The van der Waals surface area contributed by atoms with Gasteiger partial charge in [0.2, 0.25) is 15.9 Å². The van der Waals surface area contributed by atoms with E-state index in [1.54, 1.807) is 29.2 Å². The number of carboxylic acids is 2. The highest BCUT2D eigenvalue weighted by Gasteiger charge is 2.18. The Kier molecular flexibility index (Phi) is 12.2. The molecule has 0 radical (unpaired) electrons. The summed E-state index contributed by atoms with van der Waals surface area (Å²) in [7, 11) is -3.34.